The summed E-state index contributed by atoms with van der Waals surface area (Å²) in [5.41, 5.74) is 5.26. The number of ether oxygens (including phenoxy) is 1. The lowest BCUT2D eigenvalue weighted by Gasteiger charge is -2.13. The molecule has 0 aliphatic carbocycles. The van der Waals surface area contributed by atoms with Crippen LogP contribution in [0.4, 0.5) is 4.39 Å². The number of aryl methyl sites for hydroxylation is 3. The molecule has 4 rings (SSSR count). The van der Waals surface area contributed by atoms with E-state index in [-0.39, 0.29) is 12.2 Å². The summed E-state index contributed by atoms with van der Waals surface area (Å²) >= 11 is 0. The van der Waals surface area contributed by atoms with Crippen LogP contribution in [0.1, 0.15) is 28.1 Å². The number of hydrogen-bond donors (Lipinski definition) is 0. The molecule has 0 aliphatic heterocycles. The van der Waals surface area contributed by atoms with Crippen molar-refractivity contribution in [2.75, 3.05) is 0 Å². The van der Waals surface area contributed by atoms with E-state index < -0.39 is 11.5 Å². The number of halogens is 1. The van der Waals surface area contributed by atoms with Gasteiger partial charge in [-0.25, -0.2) is 13.9 Å². The molecule has 0 radical (unpaired) electrons. The SMILES string of the molecule is Cc1cc(-n2nc(C)c(C)c2C)ccc1OCc1c(F)cccc1-n1[nH+]nn(C)c1=O. The summed E-state index contributed by atoms with van der Waals surface area (Å²) in [7, 11) is 1.51. The van der Waals surface area contributed by atoms with E-state index in [1.165, 1.54) is 23.9 Å². The van der Waals surface area contributed by atoms with Crippen LogP contribution in [-0.4, -0.2) is 24.4 Å². The third-order valence-corrected chi connectivity index (χ3v) is 5.53. The fourth-order valence-electron chi connectivity index (χ4n) is 3.45. The van der Waals surface area contributed by atoms with Crippen LogP contribution < -0.4 is 15.6 Å². The van der Waals surface area contributed by atoms with Crippen LogP contribution in [0.5, 0.6) is 5.75 Å². The number of aromatic nitrogens is 6. The Bertz CT molecular complexity index is 1330. The molecule has 0 amide bonds. The summed E-state index contributed by atoms with van der Waals surface area (Å²) in [6.07, 6.45) is 0. The van der Waals surface area contributed by atoms with E-state index in [0.717, 1.165) is 32.9 Å². The van der Waals surface area contributed by atoms with Crippen molar-refractivity contribution in [3.05, 3.63) is 80.8 Å². The van der Waals surface area contributed by atoms with Crippen molar-refractivity contribution in [3.8, 4) is 17.1 Å². The molecule has 9 heteroatoms. The van der Waals surface area contributed by atoms with Gasteiger partial charge in [0, 0.05) is 5.69 Å². The third-order valence-electron chi connectivity index (χ3n) is 5.53. The molecule has 160 valence electrons. The Balaban J connectivity index is 1.63. The summed E-state index contributed by atoms with van der Waals surface area (Å²) < 4.78 is 24.8. The molecule has 0 atom stereocenters. The van der Waals surface area contributed by atoms with Crippen LogP contribution in [-0.2, 0) is 13.7 Å². The summed E-state index contributed by atoms with van der Waals surface area (Å²) in [5, 5.41) is 11.0. The van der Waals surface area contributed by atoms with Crippen LogP contribution >= 0.6 is 0 Å². The maximum Gasteiger partial charge on any atom is 0.473 e. The molecule has 0 spiro atoms. The van der Waals surface area contributed by atoms with E-state index in [2.05, 4.69) is 22.4 Å². The number of H-pyrrole nitrogens is 1. The molecule has 4 aromatic rings. The molecule has 0 bridgehead atoms. The molecule has 0 aliphatic rings. The Morgan fingerprint density at radius 2 is 1.90 bits per heavy atom. The predicted octanol–water partition coefficient (Wildman–Crippen LogP) is 2.52. The van der Waals surface area contributed by atoms with Crippen molar-refractivity contribution in [2.45, 2.75) is 34.3 Å². The monoisotopic (exact) mass is 423 g/mol. The van der Waals surface area contributed by atoms with Gasteiger partial charge >= 0.3 is 5.69 Å². The fraction of sp³-hybridized carbons (Fsp3) is 0.273. The van der Waals surface area contributed by atoms with Gasteiger partial charge in [0.2, 0.25) is 0 Å². The number of aromatic amines is 1. The highest BCUT2D eigenvalue weighted by Gasteiger charge is 2.19. The van der Waals surface area contributed by atoms with Gasteiger partial charge in [-0.3, -0.25) is 0 Å². The number of hydrogen-bond acceptors (Lipinski definition) is 4. The molecular formula is C22H24FN6O2+. The molecule has 0 saturated heterocycles. The standard InChI is InChI=1S/C22H23FN6O2/c1-13-11-17(28-16(4)14(2)15(3)24-28)9-10-21(13)31-12-18-19(23)7-6-8-20(18)29-22(30)27(5)25-26-29/h6-11H,12H2,1-5H3/p+1. The molecule has 0 unspecified atom stereocenters. The number of tetrazole rings is 1. The van der Waals surface area contributed by atoms with Gasteiger partial charge in [-0.2, -0.15) is 5.10 Å². The third kappa shape index (κ3) is 3.63. The Hall–Kier alpha value is -3.75. The zero-order chi connectivity index (χ0) is 22.3. The Labute approximate surface area is 178 Å². The topological polar surface area (TPSA) is 81.0 Å². The first-order valence-corrected chi connectivity index (χ1v) is 9.86. The van der Waals surface area contributed by atoms with Gasteiger partial charge in [0.1, 0.15) is 36.1 Å². The average Bonchev–Trinajstić information content (AvgIpc) is 3.21. The molecule has 2 aromatic carbocycles. The first-order valence-electron chi connectivity index (χ1n) is 9.86. The largest absolute Gasteiger partial charge is 0.488 e. The first kappa shape index (κ1) is 20.5. The fourth-order valence-corrected chi connectivity index (χ4v) is 3.45. The minimum Gasteiger partial charge on any atom is -0.488 e. The lowest BCUT2D eigenvalue weighted by atomic mass is 10.1. The Kier molecular flexibility index (Phi) is 5.18. The zero-order valence-electron chi connectivity index (χ0n) is 18.1. The predicted molar refractivity (Wildman–Crippen MR) is 112 cm³/mol. The second-order valence-electron chi connectivity index (χ2n) is 7.53. The first-order chi connectivity index (χ1) is 14.8. The highest BCUT2D eigenvalue weighted by molar-refractivity contribution is 5.46. The molecule has 2 heterocycles. The molecule has 1 N–H and O–H groups in total. The minimum atomic E-state index is -0.464. The van der Waals surface area contributed by atoms with Gasteiger partial charge in [0.25, 0.3) is 0 Å². The van der Waals surface area contributed by atoms with Gasteiger partial charge in [0.05, 0.1) is 16.9 Å². The van der Waals surface area contributed by atoms with Gasteiger partial charge < -0.3 is 4.74 Å². The van der Waals surface area contributed by atoms with Gasteiger partial charge in [-0.05, 0) is 69.2 Å². The summed E-state index contributed by atoms with van der Waals surface area (Å²) in [6.45, 7) is 7.96. The maximum atomic E-state index is 14.6. The molecule has 31 heavy (non-hydrogen) atoms. The Morgan fingerprint density at radius 3 is 2.52 bits per heavy atom. The van der Waals surface area contributed by atoms with Crippen LogP contribution in [0.3, 0.4) is 0 Å². The highest BCUT2D eigenvalue weighted by atomic mass is 19.1. The van der Waals surface area contributed by atoms with E-state index in [0.29, 0.717) is 11.4 Å². The molecule has 8 nitrogen and oxygen atoms in total. The van der Waals surface area contributed by atoms with Gasteiger partial charge in [-0.1, -0.05) is 20.6 Å². The Morgan fingerprint density at radius 1 is 1.13 bits per heavy atom. The molecule has 2 aromatic heterocycles. The number of rotatable bonds is 5. The van der Waals surface area contributed by atoms with E-state index in [1.54, 1.807) is 6.07 Å². The highest BCUT2D eigenvalue weighted by Crippen LogP contribution is 2.25. The van der Waals surface area contributed by atoms with Crippen molar-refractivity contribution in [1.82, 2.24) is 24.4 Å². The summed E-state index contributed by atoms with van der Waals surface area (Å²) in [5.74, 6) is 0.160. The zero-order valence-corrected chi connectivity index (χ0v) is 18.1. The van der Waals surface area contributed by atoms with Crippen molar-refractivity contribution in [2.24, 2.45) is 7.05 Å². The summed E-state index contributed by atoms with van der Waals surface area (Å²) in [4.78, 5) is 12.2. The van der Waals surface area contributed by atoms with Crippen LogP contribution in [0.2, 0.25) is 0 Å². The van der Waals surface area contributed by atoms with Gasteiger partial charge in [0.15, 0.2) is 0 Å². The van der Waals surface area contributed by atoms with E-state index in [9.17, 15) is 9.18 Å². The quantitative estimate of drug-likeness (QED) is 0.494. The van der Waals surface area contributed by atoms with Crippen LogP contribution in [0.15, 0.2) is 41.2 Å². The molecule has 0 saturated carbocycles. The van der Waals surface area contributed by atoms with Crippen molar-refractivity contribution < 1.29 is 14.3 Å². The number of nitrogens with zero attached hydrogens (tertiary/aromatic N) is 5. The number of nitrogens with one attached hydrogen (secondary N) is 1. The van der Waals surface area contributed by atoms with E-state index in [1.807, 2.05) is 43.7 Å². The average molecular weight is 423 g/mol. The van der Waals surface area contributed by atoms with Crippen molar-refractivity contribution >= 4 is 0 Å². The van der Waals surface area contributed by atoms with E-state index in [4.69, 9.17) is 4.74 Å². The smallest absolute Gasteiger partial charge is 0.473 e. The van der Waals surface area contributed by atoms with Crippen LogP contribution in [0.25, 0.3) is 11.4 Å². The maximum absolute atomic E-state index is 14.6. The normalized spacial score (nSPS) is 11.2. The second-order valence-corrected chi connectivity index (χ2v) is 7.53. The molecular weight excluding hydrogens is 399 g/mol. The number of benzene rings is 2. The summed E-state index contributed by atoms with van der Waals surface area (Å²) in [6, 6.07) is 10.3. The van der Waals surface area contributed by atoms with E-state index >= 15 is 0 Å². The lowest BCUT2D eigenvalue weighted by Crippen LogP contribution is -2.29. The minimum absolute atomic E-state index is 0.0453. The lowest BCUT2D eigenvalue weighted by molar-refractivity contribution is -0.546. The molecule has 0 fully saturated rings. The van der Waals surface area contributed by atoms with Gasteiger partial charge in [-0.15, -0.1) is 0 Å². The van der Waals surface area contributed by atoms with Crippen LogP contribution in [0, 0.1) is 33.5 Å². The second kappa shape index (κ2) is 7.82. The van der Waals surface area contributed by atoms with Crippen molar-refractivity contribution in [1.29, 1.82) is 0 Å². The van der Waals surface area contributed by atoms with Crippen molar-refractivity contribution in [3.63, 3.8) is 0 Å².